The molecule has 1 nitrogen and oxygen atoms in total. The minimum Gasteiger partial charge on any atom is -0.492 e. The Bertz CT molecular complexity index is 545. The van der Waals surface area contributed by atoms with Crippen LogP contribution in [0.4, 0.5) is 0 Å². The fourth-order valence-electron chi connectivity index (χ4n) is 2.62. The molecule has 86 valence electrons. The number of para-hydroxylation sites is 1. The Balaban J connectivity index is 2.18. The van der Waals surface area contributed by atoms with E-state index in [4.69, 9.17) is 4.74 Å². The predicted molar refractivity (Wildman–Crippen MR) is 69.6 cm³/mol. The third kappa shape index (κ3) is 1.46. The van der Waals surface area contributed by atoms with E-state index in [-0.39, 0.29) is 5.41 Å². The minimum absolute atomic E-state index is 0.0113. The van der Waals surface area contributed by atoms with E-state index in [0.717, 1.165) is 12.4 Å². The number of rotatable bonds is 1. The van der Waals surface area contributed by atoms with Crippen molar-refractivity contribution < 1.29 is 4.74 Å². The fourth-order valence-corrected chi connectivity index (χ4v) is 2.62. The molecule has 1 aliphatic heterocycles. The van der Waals surface area contributed by atoms with Crippen LogP contribution in [-0.4, -0.2) is 6.61 Å². The average molecular weight is 224 g/mol. The van der Waals surface area contributed by atoms with Crippen molar-refractivity contribution in [1.82, 2.24) is 0 Å². The van der Waals surface area contributed by atoms with Crippen molar-refractivity contribution in [3.05, 3.63) is 65.2 Å². The molecule has 0 bridgehead atoms. The first-order chi connectivity index (χ1) is 8.22. The summed E-state index contributed by atoms with van der Waals surface area (Å²) in [5.41, 5.74) is 3.85. The molecule has 0 aliphatic carbocycles. The second kappa shape index (κ2) is 3.63. The van der Waals surface area contributed by atoms with Crippen LogP contribution < -0.4 is 4.74 Å². The number of hydrogen-bond acceptors (Lipinski definition) is 1. The molecule has 0 saturated carbocycles. The first kappa shape index (κ1) is 10.4. The standard InChI is InChI=1S/C16H16O/c1-12-7-6-10-14-15(12)17-11-16(14,2)13-8-4-3-5-9-13/h3-10H,11H2,1-2H3. The van der Waals surface area contributed by atoms with Gasteiger partial charge in [-0.1, -0.05) is 48.5 Å². The molecule has 1 aliphatic rings. The smallest absolute Gasteiger partial charge is 0.126 e. The van der Waals surface area contributed by atoms with E-state index in [1.807, 2.05) is 0 Å². The summed E-state index contributed by atoms with van der Waals surface area (Å²) in [5, 5.41) is 0. The van der Waals surface area contributed by atoms with Crippen molar-refractivity contribution >= 4 is 0 Å². The second-order valence-electron chi connectivity index (χ2n) is 4.94. The average Bonchev–Trinajstić information content (AvgIpc) is 2.72. The minimum atomic E-state index is -0.0113. The van der Waals surface area contributed by atoms with Gasteiger partial charge in [-0.05, 0) is 25.0 Å². The number of fused-ring (bicyclic) bond motifs is 1. The van der Waals surface area contributed by atoms with Crippen LogP contribution in [0.1, 0.15) is 23.6 Å². The van der Waals surface area contributed by atoms with Crippen LogP contribution in [0.3, 0.4) is 0 Å². The van der Waals surface area contributed by atoms with Gasteiger partial charge in [0.1, 0.15) is 12.4 Å². The summed E-state index contributed by atoms with van der Waals surface area (Å²) in [6.07, 6.45) is 0. The molecule has 1 unspecified atom stereocenters. The van der Waals surface area contributed by atoms with Crippen LogP contribution in [-0.2, 0) is 5.41 Å². The molecular weight excluding hydrogens is 208 g/mol. The van der Waals surface area contributed by atoms with E-state index in [1.165, 1.54) is 16.7 Å². The van der Waals surface area contributed by atoms with E-state index in [2.05, 4.69) is 62.4 Å². The highest BCUT2D eigenvalue weighted by Crippen LogP contribution is 2.44. The monoisotopic (exact) mass is 224 g/mol. The summed E-state index contributed by atoms with van der Waals surface area (Å²) in [7, 11) is 0. The molecule has 1 atom stereocenters. The largest absolute Gasteiger partial charge is 0.492 e. The summed E-state index contributed by atoms with van der Waals surface area (Å²) in [6.45, 7) is 5.10. The molecule has 1 heterocycles. The molecule has 2 aromatic carbocycles. The maximum atomic E-state index is 5.90. The van der Waals surface area contributed by atoms with Crippen LogP contribution in [0.25, 0.3) is 0 Å². The maximum Gasteiger partial charge on any atom is 0.126 e. The van der Waals surface area contributed by atoms with Crippen LogP contribution in [0.2, 0.25) is 0 Å². The van der Waals surface area contributed by atoms with Crippen molar-refractivity contribution in [2.75, 3.05) is 6.61 Å². The highest BCUT2D eigenvalue weighted by atomic mass is 16.5. The molecule has 0 aromatic heterocycles. The Morgan fingerprint density at radius 2 is 1.76 bits per heavy atom. The molecule has 0 amide bonds. The van der Waals surface area contributed by atoms with Crippen molar-refractivity contribution in [2.24, 2.45) is 0 Å². The molecule has 0 fully saturated rings. The Kier molecular flexibility index (Phi) is 2.22. The van der Waals surface area contributed by atoms with Gasteiger partial charge in [-0.3, -0.25) is 0 Å². The number of hydrogen-bond donors (Lipinski definition) is 0. The summed E-state index contributed by atoms with van der Waals surface area (Å²) >= 11 is 0. The zero-order chi connectivity index (χ0) is 11.9. The zero-order valence-corrected chi connectivity index (χ0v) is 10.2. The van der Waals surface area contributed by atoms with Crippen LogP contribution in [0, 0.1) is 6.92 Å². The molecule has 2 aromatic rings. The Labute approximate surface area is 102 Å². The van der Waals surface area contributed by atoms with Gasteiger partial charge in [-0.2, -0.15) is 0 Å². The third-order valence-corrected chi connectivity index (χ3v) is 3.72. The second-order valence-corrected chi connectivity index (χ2v) is 4.94. The van der Waals surface area contributed by atoms with E-state index >= 15 is 0 Å². The number of benzene rings is 2. The lowest BCUT2D eigenvalue weighted by atomic mass is 9.78. The van der Waals surface area contributed by atoms with Gasteiger partial charge in [0, 0.05) is 5.56 Å². The van der Waals surface area contributed by atoms with E-state index in [1.54, 1.807) is 0 Å². The first-order valence-electron chi connectivity index (χ1n) is 6.00. The van der Waals surface area contributed by atoms with Crippen molar-refractivity contribution in [2.45, 2.75) is 19.3 Å². The van der Waals surface area contributed by atoms with E-state index in [0.29, 0.717) is 0 Å². The van der Waals surface area contributed by atoms with E-state index < -0.39 is 0 Å². The zero-order valence-electron chi connectivity index (χ0n) is 10.2. The molecule has 0 radical (unpaired) electrons. The summed E-state index contributed by atoms with van der Waals surface area (Å²) in [4.78, 5) is 0. The first-order valence-corrected chi connectivity index (χ1v) is 6.00. The van der Waals surface area contributed by atoms with Gasteiger partial charge in [-0.25, -0.2) is 0 Å². The van der Waals surface area contributed by atoms with Gasteiger partial charge in [0.05, 0.1) is 5.41 Å². The van der Waals surface area contributed by atoms with Gasteiger partial charge >= 0.3 is 0 Å². The van der Waals surface area contributed by atoms with Gasteiger partial charge in [0.25, 0.3) is 0 Å². The highest BCUT2D eigenvalue weighted by Gasteiger charge is 2.38. The maximum absolute atomic E-state index is 5.90. The summed E-state index contributed by atoms with van der Waals surface area (Å²) < 4.78 is 5.90. The number of aryl methyl sites for hydroxylation is 1. The molecule has 17 heavy (non-hydrogen) atoms. The topological polar surface area (TPSA) is 9.23 Å². The molecule has 0 N–H and O–H groups in total. The van der Waals surface area contributed by atoms with Gasteiger partial charge in [0.2, 0.25) is 0 Å². The lowest BCUT2D eigenvalue weighted by molar-refractivity contribution is 0.301. The summed E-state index contributed by atoms with van der Waals surface area (Å²) in [5.74, 6) is 1.07. The van der Waals surface area contributed by atoms with Gasteiger partial charge in [0.15, 0.2) is 0 Å². The molecular formula is C16H16O. The highest BCUT2D eigenvalue weighted by molar-refractivity contribution is 5.53. The normalized spacial score (nSPS) is 22.0. The lowest BCUT2D eigenvalue weighted by Crippen LogP contribution is -2.25. The van der Waals surface area contributed by atoms with Crippen molar-refractivity contribution in [3.8, 4) is 5.75 Å². The van der Waals surface area contributed by atoms with Crippen LogP contribution in [0.15, 0.2) is 48.5 Å². The number of ether oxygens (including phenoxy) is 1. The van der Waals surface area contributed by atoms with Gasteiger partial charge in [-0.15, -0.1) is 0 Å². The Morgan fingerprint density at radius 3 is 2.53 bits per heavy atom. The molecule has 1 heteroatoms. The molecule has 0 spiro atoms. The van der Waals surface area contributed by atoms with E-state index in [9.17, 15) is 0 Å². The SMILES string of the molecule is Cc1cccc2c1OCC2(C)c1ccccc1. The van der Waals surface area contributed by atoms with Crippen molar-refractivity contribution in [3.63, 3.8) is 0 Å². The third-order valence-electron chi connectivity index (χ3n) is 3.72. The fraction of sp³-hybridized carbons (Fsp3) is 0.250. The lowest BCUT2D eigenvalue weighted by Gasteiger charge is -2.23. The van der Waals surface area contributed by atoms with Crippen LogP contribution in [0.5, 0.6) is 5.75 Å². The quantitative estimate of drug-likeness (QED) is 0.717. The Hall–Kier alpha value is -1.76. The van der Waals surface area contributed by atoms with Crippen molar-refractivity contribution in [1.29, 1.82) is 0 Å². The van der Waals surface area contributed by atoms with Gasteiger partial charge < -0.3 is 4.74 Å². The predicted octanol–water partition coefficient (Wildman–Crippen LogP) is 3.69. The Morgan fingerprint density at radius 1 is 1.00 bits per heavy atom. The summed E-state index contributed by atoms with van der Waals surface area (Å²) in [6, 6.07) is 17.0. The molecule has 3 rings (SSSR count). The molecule has 0 saturated heterocycles. The van der Waals surface area contributed by atoms with Crippen LogP contribution >= 0.6 is 0 Å².